The molecule has 0 aliphatic rings. The van der Waals surface area contributed by atoms with E-state index in [0.29, 0.717) is 5.75 Å². The Kier molecular flexibility index (Phi) is 3.23. The number of hydrogen-bond acceptors (Lipinski definition) is 1. The minimum Gasteiger partial charge on any atom is -0.506 e. The van der Waals surface area contributed by atoms with Gasteiger partial charge in [0.2, 0.25) is 0 Å². The fourth-order valence-corrected chi connectivity index (χ4v) is 2.97. The number of phenolic OH excluding ortho intramolecular Hbond substituents is 1. The van der Waals surface area contributed by atoms with Crippen molar-refractivity contribution in [1.82, 2.24) is 4.57 Å². The van der Waals surface area contributed by atoms with Crippen molar-refractivity contribution in [2.45, 2.75) is 26.8 Å². The molecule has 3 rings (SSSR count). The van der Waals surface area contributed by atoms with Gasteiger partial charge in [-0.05, 0) is 30.5 Å². The van der Waals surface area contributed by atoms with Crippen molar-refractivity contribution in [2.24, 2.45) is 0 Å². The van der Waals surface area contributed by atoms with E-state index in [1.54, 1.807) is 6.07 Å². The molecule has 1 N–H and O–H groups in total. The summed E-state index contributed by atoms with van der Waals surface area (Å²) in [7, 11) is 0. The molecule has 3 aromatic rings. The van der Waals surface area contributed by atoms with Gasteiger partial charge in [0.15, 0.2) is 0 Å². The van der Waals surface area contributed by atoms with Gasteiger partial charge in [0.1, 0.15) is 5.75 Å². The van der Waals surface area contributed by atoms with Crippen LogP contribution in [0.15, 0.2) is 48.5 Å². The Bertz CT molecular complexity index is 741. The smallest absolute Gasteiger partial charge is 0.139 e. The van der Waals surface area contributed by atoms with Crippen LogP contribution in [0.25, 0.3) is 22.2 Å². The van der Waals surface area contributed by atoms with Crippen molar-refractivity contribution >= 4 is 10.9 Å². The second-order valence-corrected chi connectivity index (χ2v) is 5.16. The Morgan fingerprint density at radius 3 is 2.45 bits per heavy atom. The highest BCUT2D eigenvalue weighted by Gasteiger charge is 2.17. The molecule has 0 amide bonds. The molecule has 0 spiro atoms. The van der Waals surface area contributed by atoms with Gasteiger partial charge < -0.3 is 9.67 Å². The summed E-state index contributed by atoms with van der Waals surface area (Å²) < 4.78 is 2.25. The molecule has 0 atom stereocenters. The molecule has 2 heteroatoms. The van der Waals surface area contributed by atoms with Crippen molar-refractivity contribution in [2.75, 3.05) is 0 Å². The summed E-state index contributed by atoms with van der Waals surface area (Å²) in [5.41, 5.74) is 4.60. The molecule has 0 aliphatic heterocycles. The molecule has 0 unspecified atom stereocenters. The number of rotatable bonds is 3. The molecule has 0 bridgehead atoms. The van der Waals surface area contributed by atoms with Crippen LogP contribution < -0.4 is 0 Å². The Labute approximate surface area is 119 Å². The van der Waals surface area contributed by atoms with Gasteiger partial charge in [0.05, 0.1) is 11.2 Å². The quantitative estimate of drug-likeness (QED) is 0.727. The second kappa shape index (κ2) is 5.04. The summed E-state index contributed by atoms with van der Waals surface area (Å²) in [5.74, 6) is 0.362. The predicted octanol–water partition coefficient (Wildman–Crippen LogP) is 4.73. The van der Waals surface area contributed by atoms with E-state index < -0.39 is 0 Å². The van der Waals surface area contributed by atoms with Gasteiger partial charge in [-0.25, -0.2) is 0 Å². The molecule has 2 aromatic carbocycles. The van der Waals surface area contributed by atoms with Gasteiger partial charge in [0.25, 0.3) is 0 Å². The Hall–Kier alpha value is -2.22. The third-order valence-electron chi connectivity index (χ3n) is 3.81. The van der Waals surface area contributed by atoms with Crippen LogP contribution in [-0.4, -0.2) is 9.67 Å². The molecule has 1 heterocycles. The Balaban J connectivity index is 2.39. The van der Waals surface area contributed by atoms with Crippen molar-refractivity contribution in [1.29, 1.82) is 0 Å². The van der Waals surface area contributed by atoms with E-state index in [0.717, 1.165) is 23.9 Å². The number of fused-ring (bicyclic) bond motifs is 1. The Morgan fingerprint density at radius 1 is 1.00 bits per heavy atom. The number of aromatic hydroxyl groups is 1. The summed E-state index contributed by atoms with van der Waals surface area (Å²) >= 11 is 0. The van der Waals surface area contributed by atoms with Crippen molar-refractivity contribution in [3.8, 4) is 17.0 Å². The first-order chi connectivity index (χ1) is 9.74. The average Bonchev–Trinajstić information content (AvgIpc) is 2.75. The lowest BCUT2D eigenvalue weighted by molar-refractivity contribution is 0.477. The fourth-order valence-electron chi connectivity index (χ4n) is 2.97. The van der Waals surface area contributed by atoms with Crippen LogP contribution in [0, 0.1) is 6.92 Å². The van der Waals surface area contributed by atoms with Gasteiger partial charge in [-0.3, -0.25) is 0 Å². The number of aryl methyl sites for hydroxylation is 2. The van der Waals surface area contributed by atoms with Crippen molar-refractivity contribution in [3.05, 3.63) is 54.1 Å². The van der Waals surface area contributed by atoms with Gasteiger partial charge in [-0.1, -0.05) is 49.4 Å². The zero-order valence-electron chi connectivity index (χ0n) is 11.9. The van der Waals surface area contributed by atoms with Crippen LogP contribution in [0.1, 0.15) is 18.9 Å². The van der Waals surface area contributed by atoms with Crippen LogP contribution in [0.4, 0.5) is 0 Å². The van der Waals surface area contributed by atoms with Crippen LogP contribution in [0.3, 0.4) is 0 Å². The molecule has 102 valence electrons. The first kappa shape index (κ1) is 12.8. The molecule has 1 aromatic heterocycles. The van der Waals surface area contributed by atoms with E-state index in [9.17, 15) is 5.11 Å². The van der Waals surface area contributed by atoms with Gasteiger partial charge in [-0.15, -0.1) is 0 Å². The standard InChI is InChI=1S/C18H19NO/c1-3-12-19-17(14-8-5-4-6-9-14)13(2)15-10-7-11-16(20)18(15)19/h4-11,20H,3,12H2,1-2H3. The lowest BCUT2D eigenvalue weighted by Gasteiger charge is -2.11. The molecular formula is C18H19NO. The molecule has 20 heavy (non-hydrogen) atoms. The monoisotopic (exact) mass is 265 g/mol. The van der Waals surface area contributed by atoms with Crippen molar-refractivity contribution in [3.63, 3.8) is 0 Å². The molecule has 0 fully saturated rings. The van der Waals surface area contributed by atoms with Crippen molar-refractivity contribution < 1.29 is 5.11 Å². The maximum Gasteiger partial charge on any atom is 0.139 e. The number of hydrogen-bond donors (Lipinski definition) is 1. The molecule has 0 saturated heterocycles. The minimum absolute atomic E-state index is 0.362. The van der Waals surface area contributed by atoms with E-state index in [2.05, 4.69) is 48.7 Å². The van der Waals surface area contributed by atoms with Crippen LogP contribution >= 0.6 is 0 Å². The molecular weight excluding hydrogens is 246 g/mol. The number of phenols is 1. The molecule has 0 aliphatic carbocycles. The van der Waals surface area contributed by atoms with Gasteiger partial charge >= 0.3 is 0 Å². The maximum absolute atomic E-state index is 10.2. The van der Waals surface area contributed by atoms with E-state index in [-0.39, 0.29) is 0 Å². The van der Waals surface area contributed by atoms with Gasteiger partial charge in [-0.2, -0.15) is 0 Å². The highest BCUT2D eigenvalue weighted by Crippen LogP contribution is 2.37. The summed E-state index contributed by atoms with van der Waals surface area (Å²) in [6.45, 7) is 5.21. The summed E-state index contributed by atoms with van der Waals surface area (Å²) in [5, 5.41) is 11.4. The topological polar surface area (TPSA) is 25.2 Å². The Morgan fingerprint density at radius 2 is 1.75 bits per heavy atom. The zero-order chi connectivity index (χ0) is 14.1. The lowest BCUT2D eigenvalue weighted by atomic mass is 10.1. The van der Waals surface area contributed by atoms with Gasteiger partial charge in [0, 0.05) is 11.9 Å². The van der Waals surface area contributed by atoms with Crippen LogP contribution in [-0.2, 0) is 6.54 Å². The van der Waals surface area contributed by atoms with E-state index in [1.165, 1.54) is 16.8 Å². The average molecular weight is 265 g/mol. The van der Waals surface area contributed by atoms with Crippen LogP contribution in [0.5, 0.6) is 5.75 Å². The summed E-state index contributed by atoms with van der Waals surface area (Å²) in [6, 6.07) is 16.2. The predicted molar refractivity (Wildman–Crippen MR) is 84.1 cm³/mol. The van der Waals surface area contributed by atoms with Crippen LogP contribution in [0.2, 0.25) is 0 Å². The first-order valence-corrected chi connectivity index (χ1v) is 7.10. The summed E-state index contributed by atoms with van der Waals surface area (Å²) in [4.78, 5) is 0. The summed E-state index contributed by atoms with van der Waals surface area (Å²) in [6.07, 6.45) is 1.04. The zero-order valence-corrected chi connectivity index (χ0v) is 11.9. The fraction of sp³-hybridized carbons (Fsp3) is 0.222. The molecule has 2 nitrogen and oxygen atoms in total. The van der Waals surface area contributed by atoms with E-state index in [1.807, 2.05) is 12.1 Å². The van der Waals surface area contributed by atoms with E-state index >= 15 is 0 Å². The highest BCUT2D eigenvalue weighted by molar-refractivity contribution is 5.95. The largest absolute Gasteiger partial charge is 0.506 e. The lowest BCUT2D eigenvalue weighted by Crippen LogP contribution is -1.99. The molecule has 0 radical (unpaired) electrons. The maximum atomic E-state index is 10.2. The number of para-hydroxylation sites is 1. The third kappa shape index (κ3) is 1.88. The number of benzene rings is 2. The number of aromatic nitrogens is 1. The first-order valence-electron chi connectivity index (χ1n) is 7.10. The third-order valence-corrected chi connectivity index (χ3v) is 3.81. The highest BCUT2D eigenvalue weighted by atomic mass is 16.3. The number of nitrogens with zero attached hydrogens (tertiary/aromatic N) is 1. The SMILES string of the molecule is CCCn1c(-c2ccccc2)c(C)c2cccc(O)c21. The minimum atomic E-state index is 0.362. The normalized spacial score (nSPS) is 11.1. The molecule has 0 saturated carbocycles. The second-order valence-electron chi connectivity index (χ2n) is 5.16. The van der Waals surface area contributed by atoms with E-state index in [4.69, 9.17) is 0 Å².